The second-order valence-electron chi connectivity index (χ2n) is 9.61. The van der Waals surface area contributed by atoms with E-state index in [1.54, 1.807) is 0 Å². The van der Waals surface area contributed by atoms with Crippen molar-refractivity contribution in [2.75, 3.05) is 32.7 Å². The van der Waals surface area contributed by atoms with Crippen LogP contribution in [0.1, 0.15) is 32.0 Å². The van der Waals surface area contributed by atoms with E-state index in [4.69, 9.17) is 0 Å². The first-order valence-corrected chi connectivity index (χ1v) is 12.9. The monoisotopic (exact) mass is 507 g/mol. The number of hydrogen-bond donors (Lipinski definition) is 3. The maximum Gasteiger partial charge on any atom is 0.353 e. The van der Waals surface area contributed by atoms with Gasteiger partial charge in [-0.05, 0) is 13.3 Å². The van der Waals surface area contributed by atoms with Crippen molar-refractivity contribution in [2.24, 2.45) is 11.8 Å². The van der Waals surface area contributed by atoms with E-state index in [1.807, 2.05) is 18.7 Å². The second-order valence-corrected chi connectivity index (χ2v) is 10.9. The van der Waals surface area contributed by atoms with Crippen LogP contribution in [0.4, 0.5) is 4.39 Å². The van der Waals surface area contributed by atoms with Crippen LogP contribution < -0.4 is 10.6 Å². The molecule has 2 amide bonds. The number of aromatic nitrogens is 3. The third kappa shape index (κ3) is 4.12. The first-order valence-electron chi connectivity index (χ1n) is 12.0. The molecule has 13 heteroatoms. The number of carboxylic acid groups (broad SMARTS) is 1. The van der Waals surface area contributed by atoms with Crippen LogP contribution in [-0.4, -0.2) is 97.7 Å². The number of alkyl halides is 1. The van der Waals surface area contributed by atoms with Crippen molar-refractivity contribution in [3.05, 3.63) is 22.5 Å². The van der Waals surface area contributed by atoms with Gasteiger partial charge in [0.2, 0.25) is 11.8 Å². The Kier molecular flexibility index (Phi) is 6.57. The predicted octanol–water partition coefficient (Wildman–Crippen LogP) is -0.0230. The molecule has 11 nitrogen and oxygen atoms in total. The standard InChI is InChI=1S/C22H30FN7O4S/c1-11-17-16(12(2)29-10-13(8-23)26-27-29)21(32)30(17)18(22(33)34)19(11)35-14-7-15(25-9-14)20(31)28-5-3-24-4-6-28/h10-12,14-17,24-25H,3-9H2,1-2H3,(H,33,34)/t11-,12-,14+,15+,16-,17-/m1/s1. The average Bonchev–Trinajstić information content (AvgIpc) is 3.58. The lowest BCUT2D eigenvalue weighted by Crippen LogP contribution is -2.62. The molecule has 5 heterocycles. The van der Waals surface area contributed by atoms with E-state index in [9.17, 15) is 23.9 Å². The molecular weight excluding hydrogens is 477 g/mol. The number of hydrogen-bond acceptors (Lipinski definition) is 8. The highest BCUT2D eigenvalue weighted by molar-refractivity contribution is 8.03. The summed E-state index contributed by atoms with van der Waals surface area (Å²) in [6, 6.07) is -0.969. The lowest BCUT2D eigenvalue weighted by Gasteiger charge is -2.47. The molecule has 3 saturated heterocycles. The van der Waals surface area contributed by atoms with E-state index in [1.165, 1.54) is 27.5 Å². The van der Waals surface area contributed by atoms with Gasteiger partial charge in [0.15, 0.2) is 0 Å². The molecule has 190 valence electrons. The molecular formula is C22H30FN7O4S. The largest absolute Gasteiger partial charge is 0.477 e. The predicted molar refractivity (Wildman–Crippen MR) is 125 cm³/mol. The number of carboxylic acids is 1. The van der Waals surface area contributed by atoms with E-state index in [2.05, 4.69) is 20.9 Å². The molecule has 0 aliphatic carbocycles. The second kappa shape index (κ2) is 9.51. The molecule has 1 aromatic heterocycles. The summed E-state index contributed by atoms with van der Waals surface area (Å²) in [5, 5.41) is 24.3. The third-order valence-electron chi connectivity index (χ3n) is 7.53. The molecule has 3 fully saturated rings. The number of β-lactam (4-membered cyclic amide) rings is 1. The number of nitrogens with one attached hydrogen (secondary N) is 2. The van der Waals surface area contributed by atoms with Crippen LogP contribution in [0.2, 0.25) is 0 Å². The number of carbonyl (C=O) groups excluding carboxylic acids is 2. The fraction of sp³-hybridized carbons (Fsp3) is 0.682. The van der Waals surface area contributed by atoms with Gasteiger partial charge in [-0.2, -0.15) is 0 Å². The van der Waals surface area contributed by atoms with Crippen molar-refractivity contribution in [3.63, 3.8) is 0 Å². The van der Waals surface area contributed by atoms with Crippen molar-refractivity contribution >= 4 is 29.5 Å². The molecule has 6 atom stereocenters. The highest BCUT2D eigenvalue weighted by Crippen LogP contribution is 2.53. The molecule has 3 N–H and O–H groups in total. The minimum Gasteiger partial charge on any atom is -0.477 e. The van der Waals surface area contributed by atoms with Gasteiger partial charge in [-0.1, -0.05) is 12.1 Å². The molecule has 0 spiro atoms. The van der Waals surface area contributed by atoms with Gasteiger partial charge in [-0.3, -0.25) is 9.59 Å². The molecule has 0 unspecified atom stereocenters. The van der Waals surface area contributed by atoms with Crippen molar-refractivity contribution < 1.29 is 23.9 Å². The Morgan fingerprint density at radius 2 is 2.09 bits per heavy atom. The Balaban J connectivity index is 1.29. The van der Waals surface area contributed by atoms with Gasteiger partial charge >= 0.3 is 5.97 Å². The minimum absolute atomic E-state index is 0.0331. The Morgan fingerprint density at radius 1 is 1.34 bits per heavy atom. The van der Waals surface area contributed by atoms with E-state index < -0.39 is 18.6 Å². The van der Waals surface area contributed by atoms with Crippen LogP contribution in [0, 0.1) is 11.8 Å². The zero-order valence-corrected chi connectivity index (χ0v) is 20.5. The number of halogens is 1. The molecule has 0 aromatic carbocycles. The minimum atomic E-state index is -1.12. The van der Waals surface area contributed by atoms with E-state index in [0.29, 0.717) is 31.0 Å². The van der Waals surface area contributed by atoms with Crippen LogP contribution >= 0.6 is 11.8 Å². The van der Waals surface area contributed by atoms with Gasteiger partial charge in [0.05, 0.1) is 30.2 Å². The highest BCUT2D eigenvalue weighted by atomic mass is 32.2. The molecule has 4 aliphatic rings. The Morgan fingerprint density at radius 3 is 2.74 bits per heavy atom. The highest BCUT2D eigenvalue weighted by Gasteiger charge is 2.61. The fourth-order valence-electron chi connectivity index (χ4n) is 5.68. The van der Waals surface area contributed by atoms with Gasteiger partial charge in [0.25, 0.3) is 0 Å². The summed E-state index contributed by atoms with van der Waals surface area (Å²) >= 11 is 1.47. The average molecular weight is 508 g/mol. The smallest absolute Gasteiger partial charge is 0.353 e. The van der Waals surface area contributed by atoms with Crippen LogP contribution in [-0.2, 0) is 21.1 Å². The molecule has 35 heavy (non-hydrogen) atoms. The zero-order chi connectivity index (χ0) is 24.9. The van der Waals surface area contributed by atoms with Crippen molar-refractivity contribution in [1.82, 2.24) is 35.4 Å². The number of rotatable bonds is 7. The van der Waals surface area contributed by atoms with Crippen molar-refractivity contribution in [1.29, 1.82) is 0 Å². The molecule has 0 saturated carbocycles. The maximum absolute atomic E-state index is 13.1. The molecule has 5 rings (SSSR count). The van der Waals surface area contributed by atoms with Crippen LogP contribution in [0.3, 0.4) is 0 Å². The van der Waals surface area contributed by atoms with Crippen LogP contribution in [0.15, 0.2) is 16.8 Å². The quantitative estimate of drug-likeness (QED) is 0.436. The van der Waals surface area contributed by atoms with Gasteiger partial charge in [-0.15, -0.1) is 16.9 Å². The van der Waals surface area contributed by atoms with Gasteiger partial charge in [0, 0.05) is 48.8 Å². The molecule has 1 aromatic rings. The summed E-state index contributed by atoms with van der Waals surface area (Å²) in [5.74, 6) is -1.95. The Hall–Kier alpha value is -2.51. The van der Waals surface area contributed by atoms with Crippen molar-refractivity contribution in [3.8, 4) is 0 Å². The summed E-state index contributed by atoms with van der Waals surface area (Å²) in [6.45, 7) is 6.59. The summed E-state index contributed by atoms with van der Waals surface area (Å²) in [5.41, 5.74) is 0.236. The summed E-state index contributed by atoms with van der Waals surface area (Å²) < 4.78 is 14.4. The third-order valence-corrected chi connectivity index (χ3v) is 9.05. The lowest BCUT2D eigenvalue weighted by atomic mass is 9.78. The van der Waals surface area contributed by atoms with E-state index in [0.717, 1.165) is 13.1 Å². The first-order chi connectivity index (χ1) is 16.8. The Bertz CT molecular complexity index is 1060. The van der Waals surface area contributed by atoms with E-state index >= 15 is 0 Å². The van der Waals surface area contributed by atoms with E-state index in [-0.39, 0.29) is 52.5 Å². The molecule has 4 aliphatic heterocycles. The number of nitrogens with zero attached hydrogens (tertiary/aromatic N) is 5. The number of aliphatic carboxylic acids is 1. The number of thioether (sulfide) groups is 1. The summed E-state index contributed by atoms with van der Waals surface area (Å²) in [7, 11) is 0. The number of carbonyl (C=O) groups is 3. The van der Waals surface area contributed by atoms with Crippen LogP contribution in [0.25, 0.3) is 0 Å². The molecule has 0 radical (unpaired) electrons. The van der Waals surface area contributed by atoms with Gasteiger partial charge < -0.3 is 25.5 Å². The van der Waals surface area contributed by atoms with Gasteiger partial charge in [-0.25, -0.2) is 13.9 Å². The lowest BCUT2D eigenvalue weighted by molar-refractivity contribution is -0.159. The topological polar surface area (TPSA) is 133 Å². The summed E-state index contributed by atoms with van der Waals surface area (Å²) in [6.07, 6.45) is 2.10. The van der Waals surface area contributed by atoms with Gasteiger partial charge in [0.1, 0.15) is 18.1 Å². The fourth-order valence-corrected chi connectivity index (χ4v) is 7.16. The maximum atomic E-state index is 13.1. The Labute approximate surface area is 206 Å². The molecule has 0 bridgehead atoms. The zero-order valence-electron chi connectivity index (χ0n) is 19.7. The number of amides is 2. The summed E-state index contributed by atoms with van der Waals surface area (Å²) in [4.78, 5) is 42.2. The first kappa shape index (κ1) is 24.2. The SMILES string of the molecule is C[C@H]([C@H]1C(=O)N2C(C(=O)O)=C(S[C@@H]3CN[C@H](C(=O)N4CCNCC4)C3)[C@H](C)[C@H]12)n1cc(CF)nn1. The number of piperazine rings is 1. The van der Waals surface area contributed by atoms with Crippen molar-refractivity contribution in [2.45, 2.75) is 50.3 Å². The normalized spacial score (nSPS) is 31.5. The van der Waals surface area contributed by atoms with Crippen LogP contribution in [0.5, 0.6) is 0 Å². The number of fused-ring (bicyclic) bond motifs is 1.